The van der Waals surface area contributed by atoms with Crippen molar-refractivity contribution >= 4 is 25.3 Å². The van der Waals surface area contributed by atoms with Gasteiger partial charge in [-0.15, -0.1) is 12.6 Å². The van der Waals surface area contributed by atoms with Gasteiger partial charge in [0.25, 0.3) is 0 Å². The van der Waals surface area contributed by atoms with Gasteiger partial charge in [-0.25, -0.2) is 0 Å². The van der Waals surface area contributed by atoms with Crippen LogP contribution in [0.15, 0.2) is 11.8 Å². The maximum atomic E-state index is 5.31. The first-order valence-electron chi connectivity index (χ1n) is 2.80. The van der Waals surface area contributed by atoms with Crippen LogP contribution in [0.1, 0.15) is 13.8 Å². The zero-order chi connectivity index (χ0) is 7.07. The third kappa shape index (κ3) is 1.38. The van der Waals surface area contributed by atoms with E-state index < -0.39 is 4.93 Å². The van der Waals surface area contributed by atoms with E-state index in [1.807, 2.05) is 19.9 Å². The average Bonchev–Trinajstić information content (AvgIpc) is 1.79. The van der Waals surface area contributed by atoms with Crippen molar-refractivity contribution in [3.05, 3.63) is 11.8 Å². The fourth-order valence-electron chi connectivity index (χ4n) is 0.797. The van der Waals surface area contributed by atoms with Crippen LogP contribution < -0.4 is 0 Å². The second-order valence-corrected chi connectivity index (χ2v) is 3.82. The summed E-state index contributed by atoms with van der Waals surface area (Å²) >= 11 is 8.51. The summed E-state index contributed by atoms with van der Waals surface area (Å²) in [4.78, 5) is -0.410. The highest BCUT2D eigenvalue weighted by atomic mass is 32.1. The molecule has 1 aliphatic rings. The molecule has 0 unspecified atom stereocenters. The van der Waals surface area contributed by atoms with Crippen LogP contribution in [0.2, 0.25) is 0 Å². The van der Waals surface area contributed by atoms with Gasteiger partial charge < -0.3 is 4.74 Å². The lowest BCUT2D eigenvalue weighted by atomic mass is 10.3. The lowest BCUT2D eigenvalue weighted by Crippen LogP contribution is -2.25. The van der Waals surface area contributed by atoms with Crippen LogP contribution in [0.3, 0.4) is 0 Å². The molecule has 3 heteroatoms. The molecule has 0 N–H and O–H groups in total. The van der Waals surface area contributed by atoms with E-state index in [-0.39, 0.29) is 5.25 Å². The van der Waals surface area contributed by atoms with E-state index in [2.05, 4.69) is 25.3 Å². The third-order valence-corrected chi connectivity index (χ3v) is 2.52. The topological polar surface area (TPSA) is 9.23 Å². The Bertz CT molecular complexity index is 151. The number of rotatable bonds is 0. The van der Waals surface area contributed by atoms with Crippen LogP contribution in [-0.4, -0.2) is 10.2 Å². The maximum absolute atomic E-state index is 5.31. The minimum atomic E-state index is -0.410. The fourth-order valence-corrected chi connectivity index (χ4v) is 1.28. The normalized spacial score (nSPS) is 42.2. The van der Waals surface area contributed by atoms with Crippen molar-refractivity contribution in [2.45, 2.75) is 24.0 Å². The molecule has 9 heavy (non-hydrogen) atoms. The molecule has 0 amide bonds. The highest BCUT2D eigenvalue weighted by Gasteiger charge is 2.33. The molecule has 0 fully saturated rings. The third-order valence-electron chi connectivity index (χ3n) is 1.31. The van der Waals surface area contributed by atoms with E-state index in [0.29, 0.717) is 0 Å². The summed E-state index contributed by atoms with van der Waals surface area (Å²) in [5.74, 6) is 0.910. The second-order valence-electron chi connectivity index (χ2n) is 2.38. The molecule has 0 aliphatic carbocycles. The summed E-state index contributed by atoms with van der Waals surface area (Å²) in [6.07, 6.45) is 1.95. The highest BCUT2D eigenvalue weighted by Crippen LogP contribution is 2.34. The van der Waals surface area contributed by atoms with Crippen LogP contribution in [0.5, 0.6) is 0 Å². The van der Waals surface area contributed by atoms with Crippen LogP contribution in [0.25, 0.3) is 0 Å². The molecule has 2 atom stereocenters. The highest BCUT2D eigenvalue weighted by molar-refractivity contribution is 7.85. The van der Waals surface area contributed by atoms with Crippen molar-refractivity contribution in [2.75, 3.05) is 0 Å². The minimum Gasteiger partial charge on any atom is -0.481 e. The molecule has 0 saturated heterocycles. The first kappa shape index (κ1) is 7.35. The van der Waals surface area contributed by atoms with Crippen molar-refractivity contribution in [2.24, 2.45) is 0 Å². The van der Waals surface area contributed by atoms with Gasteiger partial charge in [0, 0.05) is 0 Å². The molecular weight excluding hydrogens is 152 g/mol. The lowest BCUT2D eigenvalue weighted by Gasteiger charge is -2.21. The van der Waals surface area contributed by atoms with Crippen LogP contribution in [0, 0.1) is 0 Å². The Hall–Kier alpha value is 0.240. The summed E-state index contributed by atoms with van der Waals surface area (Å²) in [6.45, 7) is 3.81. The molecule has 0 aromatic rings. The summed E-state index contributed by atoms with van der Waals surface area (Å²) in [7, 11) is 0. The Balaban J connectivity index is 2.71. The van der Waals surface area contributed by atoms with Gasteiger partial charge in [0.1, 0.15) is 0 Å². The smallest absolute Gasteiger partial charge is 0.163 e. The van der Waals surface area contributed by atoms with Crippen molar-refractivity contribution in [3.63, 3.8) is 0 Å². The van der Waals surface area contributed by atoms with Crippen molar-refractivity contribution in [3.8, 4) is 0 Å². The molecule has 0 aromatic carbocycles. The largest absolute Gasteiger partial charge is 0.481 e. The summed E-state index contributed by atoms with van der Waals surface area (Å²) in [5, 5.41) is 0.112. The van der Waals surface area contributed by atoms with Gasteiger partial charge in [-0.1, -0.05) is 0 Å². The zero-order valence-electron chi connectivity index (χ0n) is 5.46. The van der Waals surface area contributed by atoms with Crippen LogP contribution in [0.4, 0.5) is 0 Å². The molecule has 1 rings (SSSR count). The number of hydrogen-bond donors (Lipinski definition) is 2. The van der Waals surface area contributed by atoms with Crippen molar-refractivity contribution in [1.82, 2.24) is 0 Å². The van der Waals surface area contributed by atoms with Gasteiger partial charge in [0.05, 0.1) is 11.0 Å². The van der Waals surface area contributed by atoms with Gasteiger partial charge in [-0.3, -0.25) is 0 Å². The number of ether oxygens (including phenoxy) is 1. The zero-order valence-corrected chi connectivity index (χ0v) is 7.25. The summed E-state index contributed by atoms with van der Waals surface area (Å²) in [5.41, 5.74) is 0. The molecule has 0 bridgehead atoms. The van der Waals surface area contributed by atoms with E-state index in [1.54, 1.807) is 0 Å². The van der Waals surface area contributed by atoms with Gasteiger partial charge in [0.2, 0.25) is 0 Å². The van der Waals surface area contributed by atoms with Crippen LogP contribution in [-0.2, 0) is 4.74 Å². The number of thiol groups is 2. The first-order valence-corrected chi connectivity index (χ1v) is 3.76. The standard InChI is InChI=1S/C6H10OS2/c1-4-3-5(8)6(2,9)7-4/h3,5,8-9H,1-2H3/t5-,6+/m1/s1. The number of hydrogen-bond acceptors (Lipinski definition) is 3. The Morgan fingerprint density at radius 1 is 1.78 bits per heavy atom. The lowest BCUT2D eigenvalue weighted by molar-refractivity contribution is 0.136. The monoisotopic (exact) mass is 162 g/mol. The average molecular weight is 162 g/mol. The Kier molecular flexibility index (Phi) is 1.74. The molecule has 0 radical (unpaired) electrons. The Labute approximate surface area is 66.3 Å². The van der Waals surface area contributed by atoms with Gasteiger partial charge in [-0.05, 0) is 19.9 Å². The molecule has 0 saturated carbocycles. The minimum absolute atomic E-state index is 0.112. The molecule has 1 nitrogen and oxygen atoms in total. The van der Waals surface area contributed by atoms with Crippen molar-refractivity contribution in [1.29, 1.82) is 0 Å². The fraction of sp³-hybridized carbons (Fsp3) is 0.667. The van der Waals surface area contributed by atoms with Gasteiger partial charge in [0.15, 0.2) is 4.93 Å². The van der Waals surface area contributed by atoms with Gasteiger partial charge >= 0.3 is 0 Å². The molecule has 0 spiro atoms. The predicted octanol–water partition coefficient (Wildman–Crippen LogP) is 1.86. The summed E-state index contributed by atoms with van der Waals surface area (Å²) in [6, 6.07) is 0. The van der Waals surface area contributed by atoms with E-state index in [1.165, 1.54) is 0 Å². The SMILES string of the molecule is CC1=C[C@@H](S)[C@](C)(S)O1. The molecule has 0 aromatic heterocycles. The van der Waals surface area contributed by atoms with Gasteiger partial charge in [-0.2, -0.15) is 12.6 Å². The molecule has 1 aliphatic heterocycles. The second kappa shape index (κ2) is 2.13. The van der Waals surface area contributed by atoms with E-state index >= 15 is 0 Å². The first-order chi connectivity index (χ1) is 4.02. The van der Waals surface area contributed by atoms with E-state index in [9.17, 15) is 0 Å². The van der Waals surface area contributed by atoms with E-state index in [4.69, 9.17) is 4.74 Å². The van der Waals surface area contributed by atoms with E-state index in [0.717, 1.165) is 5.76 Å². The quantitative estimate of drug-likeness (QED) is 0.517. The molecular formula is C6H10OS2. The predicted molar refractivity (Wildman–Crippen MR) is 45.0 cm³/mol. The molecule has 52 valence electrons. The Morgan fingerprint density at radius 3 is 2.44 bits per heavy atom. The van der Waals surface area contributed by atoms with Crippen LogP contribution >= 0.6 is 25.3 Å². The Morgan fingerprint density at radius 2 is 2.33 bits per heavy atom. The maximum Gasteiger partial charge on any atom is 0.163 e. The number of allylic oxidation sites excluding steroid dienone is 1. The summed E-state index contributed by atoms with van der Waals surface area (Å²) < 4.78 is 5.31. The van der Waals surface area contributed by atoms with Crippen molar-refractivity contribution < 1.29 is 4.74 Å². The molecule has 1 heterocycles.